The number of carbonyl (C=O) groups excluding carboxylic acids is 1. The summed E-state index contributed by atoms with van der Waals surface area (Å²) in [4.78, 5) is 13.5. The Balaban J connectivity index is 2.03. The molecule has 1 aliphatic carbocycles. The fraction of sp³-hybridized carbons (Fsp3) is 0.909. The van der Waals surface area contributed by atoms with E-state index in [1.54, 1.807) is 4.90 Å². The molecule has 2 atom stereocenters. The molecular formula is C11H19NO2. The molecule has 0 radical (unpaired) electrons. The first-order valence-corrected chi connectivity index (χ1v) is 5.06. The summed E-state index contributed by atoms with van der Waals surface area (Å²) in [7, 11) is 0. The van der Waals surface area contributed by atoms with E-state index in [-0.39, 0.29) is 12.1 Å². The van der Waals surface area contributed by atoms with E-state index in [9.17, 15) is 4.79 Å². The van der Waals surface area contributed by atoms with E-state index < -0.39 is 17.9 Å². The van der Waals surface area contributed by atoms with Crippen molar-refractivity contribution in [2.45, 2.75) is 52.1 Å². The number of fused-ring (bicyclic) bond motifs is 1. The lowest BCUT2D eigenvalue weighted by molar-refractivity contribution is 0.0263. The number of ether oxygens (including phenoxy) is 1. The second-order valence-electron chi connectivity index (χ2n) is 5.30. The molecule has 2 fully saturated rings. The van der Waals surface area contributed by atoms with Crippen LogP contribution in [0.15, 0.2) is 0 Å². The van der Waals surface area contributed by atoms with E-state index in [2.05, 4.69) is 0 Å². The Labute approximate surface area is 89.6 Å². The fourth-order valence-corrected chi connectivity index (χ4v) is 1.98. The second kappa shape index (κ2) is 2.65. The van der Waals surface area contributed by atoms with E-state index >= 15 is 0 Å². The van der Waals surface area contributed by atoms with E-state index in [0.717, 1.165) is 0 Å². The van der Waals surface area contributed by atoms with E-state index in [4.69, 9.17) is 8.85 Å². The Kier molecular flexibility index (Phi) is 1.27. The van der Waals surface area contributed by atoms with Crippen LogP contribution in [-0.4, -0.2) is 29.2 Å². The normalized spacial score (nSPS) is 39.5. The lowest BCUT2D eigenvalue weighted by atomic mass is 10.1. The van der Waals surface area contributed by atoms with Crippen molar-refractivity contribution < 1.29 is 13.6 Å². The third kappa shape index (κ3) is 1.60. The number of carbonyl (C=O) groups is 1. The zero-order chi connectivity index (χ0) is 13.1. The topological polar surface area (TPSA) is 29.5 Å². The summed E-state index contributed by atoms with van der Waals surface area (Å²) in [6.45, 7) is 3.97. The van der Waals surface area contributed by atoms with E-state index in [0.29, 0.717) is 19.4 Å². The predicted octanol–water partition coefficient (Wildman–Crippen LogP) is 2.41. The van der Waals surface area contributed by atoms with Crippen molar-refractivity contribution in [1.82, 2.24) is 4.90 Å². The van der Waals surface area contributed by atoms with Crippen molar-refractivity contribution in [3.63, 3.8) is 0 Å². The van der Waals surface area contributed by atoms with Crippen molar-refractivity contribution in [2.75, 3.05) is 6.54 Å². The molecule has 0 unspecified atom stereocenters. The molecule has 1 aliphatic heterocycles. The number of rotatable bonds is 0. The molecule has 3 nitrogen and oxygen atoms in total. The molecule has 1 saturated carbocycles. The van der Waals surface area contributed by atoms with E-state index in [1.807, 2.05) is 20.8 Å². The van der Waals surface area contributed by atoms with Crippen molar-refractivity contribution in [1.29, 1.82) is 0 Å². The molecule has 0 aromatic heterocycles. The van der Waals surface area contributed by atoms with Crippen LogP contribution in [0.25, 0.3) is 0 Å². The van der Waals surface area contributed by atoms with Crippen LogP contribution in [0, 0.1) is 5.41 Å². The molecular weight excluding hydrogens is 178 g/mol. The molecule has 2 rings (SSSR count). The van der Waals surface area contributed by atoms with Gasteiger partial charge in [-0.05, 0) is 39.0 Å². The van der Waals surface area contributed by atoms with Gasteiger partial charge in [-0.3, -0.25) is 0 Å². The zero-order valence-electron chi connectivity index (χ0n) is 12.0. The molecule has 3 heteroatoms. The SMILES string of the molecule is [2H]C([2H])([2H])[C@]12CCN(C(=O)OC(C)(C)C)[C@@H]1C2. The van der Waals surface area contributed by atoms with E-state index in [1.165, 1.54) is 0 Å². The lowest BCUT2D eigenvalue weighted by Crippen LogP contribution is -2.36. The maximum absolute atomic E-state index is 11.9. The average molecular weight is 200 g/mol. The molecule has 1 saturated heterocycles. The summed E-state index contributed by atoms with van der Waals surface area (Å²) < 4.78 is 27.9. The highest BCUT2D eigenvalue weighted by Crippen LogP contribution is 2.56. The first-order valence-electron chi connectivity index (χ1n) is 6.56. The van der Waals surface area contributed by atoms with Crippen molar-refractivity contribution >= 4 is 6.09 Å². The van der Waals surface area contributed by atoms with Gasteiger partial charge in [-0.15, -0.1) is 0 Å². The molecule has 80 valence electrons. The van der Waals surface area contributed by atoms with Gasteiger partial charge in [-0.2, -0.15) is 0 Å². The van der Waals surface area contributed by atoms with Gasteiger partial charge in [0.1, 0.15) is 5.60 Å². The number of likely N-dealkylation sites (tertiary alicyclic amines) is 1. The zero-order valence-corrected chi connectivity index (χ0v) is 8.96. The van der Waals surface area contributed by atoms with Crippen molar-refractivity contribution in [3.05, 3.63) is 0 Å². The number of hydrogen-bond acceptors (Lipinski definition) is 2. The van der Waals surface area contributed by atoms with Crippen LogP contribution < -0.4 is 0 Å². The lowest BCUT2D eigenvalue weighted by Gasteiger charge is -2.25. The van der Waals surface area contributed by atoms with Crippen LogP contribution in [0.3, 0.4) is 0 Å². The van der Waals surface area contributed by atoms with Crippen LogP contribution >= 0.6 is 0 Å². The second-order valence-corrected chi connectivity index (χ2v) is 5.30. The summed E-state index contributed by atoms with van der Waals surface area (Å²) in [5.74, 6) is 0. The molecule has 2 aliphatic rings. The Bertz CT molecular complexity index is 348. The Morgan fingerprint density at radius 2 is 2.36 bits per heavy atom. The third-order valence-corrected chi connectivity index (χ3v) is 2.84. The first kappa shape index (κ1) is 6.70. The molecule has 0 bridgehead atoms. The van der Waals surface area contributed by atoms with Gasteiger partial charge in [0.15, 0.2) is 0 Å². The van der Waals surface area contributed by atoms with Crippen LogP contribution in [-0.2, 0) is 4.74 Å². The summed E-state index contributed by atoms with van der Waals surface area (Å²) in [5, 5.41) is 0. The molecule has 14 heavy (non-hydrogen) atoms. The standard InChI is InChI=1S/C11H19NO2/c1-10(2,3)14-9(13)12-6-5-11(4)7-8(11)12/h8H,5-7H2,1-4H3/t8-,11-/m1/s1/i4D3. The minimum Gasteiger partial charge on any atom is -0.444 e. The molecule has 1 heterocycles. The number of hydrogen-bond donors (Lipinski definition) is 0. The largest absolute Gasteiger partial charge is 0.444 e. The highest BCUT2D eigenvalue weighted by Gasteiger charge is 2.59. The van der Waals surface area contributed by atoms with Crippen LogP contribution in [0.2, 0.25) is 0 Å². The Hall–Kier alpha value is -0.730. The highest BCUT2D eigenvalue weighted by atomic mass is 16.6. The molecule has 0 aromatic carbocycles. The smallest absolute Gasteiger partial charge is 0.410 e. The Morgan fingerprint density at radius 3 is 2.79 bits per heavy atom. The van der Waals surface area contributed by atoms with Gasteiger partial charge in [-0.25, -0.2) is 4.79 Å². The summed E-state index contributed by atoms with van der Waals surface area (Å²) >= 11 is 0. The van der Waals surface area contributed by atoms with Gasteiger partial charge in [0.05, 0.1) is 0 Å². The Morgan fingerprint density at radius 1 is 1.64 bits per heavy atom. The van der Waals surface area contributed by atoms with Gasteiger partial charge in [0, 0.05) is 16.7 Å². The molecule has 1 amide bonds. The molecule has 0 aromatic rings. The highest BCUT2D eigenvalue weighted by molar-refractivity contribution is 5.70. The number of nitrogens with zero attached hydrogens (tertiary/aromatic N) is 1. The average Bonchev–Trinajstić information content (AvgIpc) is 2.69. The fourth-order valence-electron chi connectivity index (χ4n) is 1.98. The third-order valence-electron chi connectivity index (χ3n) is 2.84. The molecule has 0 spiro atoms. The summed E-state index contributed by atoms with van der Waals surface area (Å²) in [5.41, 5.74) is -1.18. The first-order chi connectivity index (χ1) is 7.57. The van der Waals surface area contributed by atoms with Crippen molar-refractivity contribution in [3.8, 4) is 0 Å². The summed E-state index contributed by atoms with van der Waals surface area (Å²) in [6.07, 6.45) is 0.766. The minimum absolute atomic E-state index is 0.148. The molecule has 0 N–H and O–H groups in total. The minimum atomic E-state index is -1.96. The van der Waals surface area contributed by atoms with Gasteiger partial charge in [0.2, 0.25) is 0 Å². The van der Waals surface area contributed by atoms with Crippen LogP contribution in [0.4, 0.5) is 4.79 Å². The predicted molar refractivity (Wildman–Crippen MR) is 54.1 cm³/mol. The van der Waals surface area contributed by atoms with Gasteiger partial charge >= 0.3 is 6.09 Å². The van der Waals surface area contributed by atoms with Gasteiger partial charge in [0.25, 0.3) is 0 Å². The maximum atomic E-state index is 11.9. The van der Waals surface area contributed by atoms with Crippen molar-refractivity contribution in [2.24, 2.45) is 5.41 Å². The summed E-state index contributed by atoms with van der Waals surface area (Å²) in [6, 6.07) is -0.148. The quantitative estimate of drug-likeness (QED) is 0.601. The van der Waals surface area contributed by atoms with Gasteiger partial charge in [-0.1, -0.05) is 6.85 Å². The van der Waals surface area contributed by atoms with Gasteiger partial charge < -0.3 is 9.64 Å². The van der Waals surface area contributed by atoms with Crippen LogP contribution in [0.5, 0.6) is 0 Å². The monoisotopic (exact) mass is 200 g/mol. The number of piperidine rings is 1. The van der Waals surface area contributed by atoms with Crippen LogP contribution in [0.1, 0.15) is 44.6 Å². The number of amides is 1. The maximum Gasteiger partial charge on any atom is 0.410 e.